The Hall–Kier alpha value is -1.30. The molecule has 2 N–H and O–H groups in total. The van der Waals surface area contributed by atoms with Crippen molar-refractivity contribution >= 4 is 60.4 Å². The van der Waals surface area contributed by atoms with Crippen molar-refractivity contribution < 1.29 is 24.5 Å². The molecule has 0 aliphatic heterocycles. The van der Waals surface area contributed by atoms with Crippen molar-refractivity contribution in [2.24, 2.45) is 0 Å². The normalized spacial score (nSPS) is 10.7. The van der Waals surface area contributed by atoms with Crippen LogP contribution >= 0.6 is 0 Å². The Morgan fingerprint density at radius 2 is 1.55 bits per heavy atom. The first-order valence-corrected chi connectivity index (χ1v) is 6.35. The summed E-state index contributed by atoms with van der Waals surface area (Å²) in [6.45, 7) is 2.77. The number of fused-ring (bicyclic) bond motifs is 1. The number of hydrogen-bond donors (Lipinski definition) is 2. The van der Waals surface area contributed by atoms with Crippen LogP contribution in [0.5, 0.6) is 5.75 Å². The van der Waals surface area contributed by atoms with Crippen LogP contribution in [-0.4, -0.2) is 67.0 Å². The fourth-order valence-corrected chi connectivity index (χ4v) is 1.78. The predicted molar refractivity (Wildman–Crippen MR) is 85.6 cm³/mol. The van der Waals surface area contributed by atoms with Gasteiger partial charge >= 0.3 is 5.97 Å². The quantitative estimate of drug-likeness (QED) is 0.846. The molecule has 0 aliphatic carbocycles. The average molecular weight is 330 g/mol. The summed E-state index contributed by atoms with van der Waals surface area (Å²) in [5.74, 6) is -1.32. The fourth-order valence-electron chi connectivity index (χ4n) is 1.78. The van der Waals surface area contributed by atoms with Gasteiger partial charge in [-0.1, -0.05) is 24.3 Å². The summed E-state index contributed by atoms with van der Waals surface area (Å²) >= 11 is 0. The molecule has 22 heavy (non-hydrogen) atoms. The number of ether oxygens (including phenoxy) is 1. The number of rotatable bonds is 3. The molecular weight excluding hydrogens is 312 g/mol. The van der Waals surface area contributed by atoms with Crippen molar-refractivity contribution in [3.8, 4) is 5.75 Å². The summed E-state index contributed by atoms with van der Waals surface area (Å²) in [5, 5.41) is 18.5. The Balaban J connectivity index is 0.000000791. The average Bonchev–Trinajstić information content (AvgIpc) is 2.44. The van der Waals surface area contributed by atoms with Gasteiger partial charge in [-0.15, -0.1) is 0 Å². The van der Waals surface area contributed by atoms with E-state index < -0.39 is 17.9 Å². The van der Waals surface area contributed by atoms with Gasteiger partial charge in [0.1, 0.15) is 5.75 Å². The Labute approximate surface area is 158 Å². The van der Waals surface area contributed by atoms with Crippen LogP contribution in [0.1, 0.15) is 25.3 Å². The molecule has 0 fully saturated rings. The molecule has 0 aliphatic rings. The monoisotopic (exact) mass is 330 g/mol. The van der Waals surface area contributed by atoms with E-state index in [0.717, 1.165) is 29.0 Å². The first kappa shape index (κ1) is 20.7. The fraction of sp³-hybridized carbons (Fsp3) is 0.250. The molecule has 2 aromatic rings. The van der Waals surface area contributed by atoms with E-state index in [1.807, 2.05) is 36.4 Å². The van der Waals surface area contributed by atoms with E-state index in [1.54, 1.807) is 14.0 Å². The molecule has 5 nitrogen and oxygen atoms in total. The zero-order chi connectivity index (χ0) is 16.0. The largest absolute Gasteiger partial charge is 0.497 e. The SMILES string of the molecule is CC(=O)O.COc1ccc2cc(C(C)C(=O)O)ccc2c1.[Ca]. The number of aliphatic carboxylic acids is 2. The molecule has 0 aromatic heterocycles. The van der Waals surface area contributed by atoms with Gasteiger partial charge in [0.05, 0.1) is 13.0 Å². The molecule has 1 unspecified atom stereocenters. The van der Waals surface area contributed by atoms with Crippen LogP contribution < -0.4 is 4.74 Å². The molecular formula is C16H18CaO5. The number of hydrogen-bond acceptors (Lipinski definition) is 3. The molecule has 2 rings (SSSR count). The smallest absolute Gasteiger partial charge is 0.310 e. The van der Waals surface area contributed by atoms with E-state index in [0.29, 0.717) is 0 Å². The molecule has 114 valence electrons. The van der Waals surface area contributed by atoms with Crippen LogP contribution in [0.3, 0.4) is 0 Å². The second-order valence-corrected chi connectivity index (χ2v) is 4.55. The molecule has 0 saturated carbocycles. The Morgan fingerprint density at radius 1 is 1.05 bits per heavy atom. The first-order valence-electron chi connectivity index (χ1n) is 6.35. The third kappa shape index (κ3) is 6.22. The van der Waals surface area contributed by atoms with E-state index in [9.17, 15) is 4.79 Å². The van der Waals surface area contributed by atoms with Gasteiger partial charge in [-0.05, 0) is 35.4 Å². The van der Waals surface area contributed by atoms with E-state index >= 15 is 0 Å². The molecule has 0 bridgehead atoms. The second kappa shape index (κ2) is 9.66. The summed E-state index contributed by atoms with van der Waals surface area (Å²) < 4.78 is 5.14. The van der Waals surface area contributed by atoms with Crippen molar-refractivity contribution in [3.63, 3.8) is 0 Å². The second-order valence-electron chi connectivity index (χ2n) is 4.55. The maximum absolute atomic E-state index is 10.9. The molecule has 0 saturated heterocycles. The zero-order valence-electron chi connectivity index (χ0n) is 12.9. The van der Waals surface area contributed by atoms with Crippen molar-refractivity contribution in [2.45, 2.75) is 19.8 Å². The van der Waals surface area contributed by atoms with Crippen molar-refractivity contribution in [3.05, 3.63) is 42.0 Å². The van der Waals surface area contributed by atoms with Gasteiger partial charge in [0.25, 0.3) is 5.97 Å². The topological polar surface area (TPSA) is 83.8 Å². The minimum Gasteiger partial charge on any atom is -0.497 e. The Bertz CT molecular complexity index is 650. The first-order chi connectivity index (χ1) is 9.85. The van der Waals surface area contributed by atoms with Crippen LogP contribution in [-0.2, 0) is 9.59 Å². The van der Waals surface area contributed by atoms with E-state index in [1.165, 1.54) is 0 Å². The minimum absolute atomic E-state index is 0. The van der Waals surface area contributed by atoms with Gasteiger partial charge in [0.2, 0.25) is 0 Å². The number of carboxylic acids is 2. The van der Waals surface area contributed by atoms with E-state index in [4.69, 9.17) is 19.7 Å². The summed E-state index contributed by atoms with van der Waals surface area (Å²) in [4.78, 5) is 19.9. The molecule has 2 radical (unpaired) electrons. The van der Waals surface area contributed by atoms with Crippen molar-refractivity contribution in [2.75, 3.05) is 7.11 Å². The summed E-state index contributed by atoms with van der Waals surface area (Å²) in [6, 6.07) is 11.4. The molecule has 0 spiro atoms. The number of carboxylic acid groups (broad SMARTS) is 2. The van der Waals surface area contributed by atoms with Crippen LogP contribution in [0.15, 0.2) is 36.4 Å². The molecule has 0 amide bonds. The van der Waals surface area contributed by atoms with Crippen LogP contribution in [0, 0.1) is 0 Å². The standard InChI is InChI=1S/C14H14O3.C2H4O2.Ca/c1-9(14(15)16)10-3-4-12-8-13(17-2)6-5-11(12)7-10;1-2(3)4;/h3-9H,1-2H3,(H,15,16);1H3,(H,3,4);. The molecule has 0 heterocycles. The van der Waals surface area contributed by atoms with Crippen LogP contribution in [0.2, 0.25) is 0 Å². The van der Waals surface area contributed by atoms with Gasteiger partial charge in [-0.25, -0.2) is 0 Å². The third-order valence-electron chi connectivity index (χ3n) is 2.94. The number of benzene rings is 2. The molecule has 6 heteroatoms. The van der Waals surface area contributed by atoms with Gasteiger partial charge < -0.3 is 14.9 Å². The number of methoxy groups -OCH3 is 1. The summed E-state index contributed by atoms with van der Waals surface area (Å²) in [5.41, 5.74) is 0.815. The van der Waals surface area contributed by atoms with Crippen molar-refractivity contribution in [1.82, 2.24) is 0 Å². The predicted octanol–water partition coefficient (Wildman–Crippen LogP) is 2.75. The van der Waals surface area contributed by atoms with Gasteiger partial charge in [-0.3, -0.25) is 9.59 Å². The maximum atomic E-state index is 10.9. The summed E-state index contributed by atoms with van der Waals surface area (Å²) in [6.07, 6.45) is 0. The van der Waals surface area contributed by atoms with Gasteiger partial charge in [-0.2, -0.15) is 0 Å². The van der Waals surface area contributed by atoms with Crippen LogP contribution in [0.25, 0.3) is 10.8 Å². The van der Waals surface area contributed by atoms with Crippen LogP contribution in [0.4, 0.5) is 0 Å². The Morgan fingerprint density at radius 3 is 2.05 bits per heavy atom. The minimum atomic E-state index is -0.833. The number of carbonyl (C=O) groups is 2. The van der Waals surface area contributed by atoms with Gasteiger partial charge in [0, 0.05) is 44.7 Å². The maximum Gasteiger partial charge on any atom is 0.310 e. The van der Waals surface area contributed by atoms with E-state index in [2.05, 4.69) is 0 Å². The third-order valence-corrected chi connectivity index (χ3v) is 2.94. The van der Waals surface area contributed by atoms with Crippen molar-refractivity contribution in [1.29, 1.82) is 0 Å². The zero-order valence-corrected chi connectivity index (χ0v) is 15.1. The molecule has 2 aromatic carbocycles. The van der Waals surface area contributed by atoms with Gasteiger partial charge in [0.15, 0.2) is 0 Å². The Kier molecular flexibility index (Phi) is 9.09. The summed E-state index contributed by atoms with van der Waals surface area (Å²) in [7, 11) is 1.63. The van der Waals surface area contributed by atoms with E-state index in [-0.39, 0.29) is 37.7 Å². The molecule has 1 atom stereocenters.